The molecule has 0 radical (unpaired) electrons. The fraction of sp³-hybridized carbons (Fsp3) is 0.500. The number of halogens is 1. The predicted molar refractivity (Wildman–Crippen MR) is 94.5 cm³/mol. The molecular weight excluding hydrogens is 362 g/mol. The normalized spacial score (nSPS) is 10.7. The first-order valence-electron chi connectivity index (χ1n) is 7.42. The molecule has 0 heterocycles. The summed E-state index contributed by atoms with van der Waals surface area (Å²) in [6, 6.07) is 5.71. The first-order chi connectivity index (χ1) is 10.9. The molecule has 0 unspecified atom stereocenters. The summed E-state index contributed by atoms with van der Waals surface area (Å²) in [5, 5.41) is 5.61. The van der Waals surface area contributed by atoms with E-state index in [2.05, 4.69) is 26.6 Å². The average molecular weight is 386 g/mol. The van der Waals surface area contributed by atoms with E-state index in [1.807, 2.05) is 25.1 Å². The van der Waals surface area contributed by atoms with Crippen molar-refractivity contribution >= 4 is 33.4 Å². The van der Waals surface area contributed by atoms with Gasteiger partial charge in [-0.05, 0) is 54.0 Å². The molecule has 6 nitrogen and oxygen atoms in total. The molecule has 0 aliphatic rings. The number of rotatable bonds is 9. The summed E-state index contributed by atoms with van der Waals surface area (Å²) >= 11 is 3.42. The number of benzene rings is 1. The smallest absolute Gasteiger partial charge is 0.238 e. The highest BCUT2D eigenvalue weighted by Gasteiger charge is 2.11. The molecule has 23 heavy (non-hydrogen) atoms. The minimum Gasteiger partial charge on any atom is -0.385 e. The van der Waals surface area contributed by atoms with Crippen molar-refractivity contribution in [1.29, 1.82) is 0 Å². The van der Waals surface area contributed by atoms with E-state index in [9.17, 15) is 9.59 Å². The van der Waals surface area contributed by atoms with Crippen molar-refractivity contribution in [3.63, 3.8) is 0 Å². The topological polar surface area (TPSA) is 70.7 Å². The molecular formula is C16H24BrN3O3. The number of methoxy groups -OCH3 is 1. The van der Waals surface area contributed by atoms with Gasteiger partial charge in [0.2, 0.25) is 11.8 Å². The van der Waals surface area contributed by atoms with Crippen molar-refractivity contribution in [2.24, 2.45) is 0 Å². The third-order valence-corrected chi connectivity index (χ3v) is 3.73. The Morgan fingerprint density at radius 3 is 2.61 bits per heavy atom. The zero-order valence-corrected chi connectivity index (χ0v) is 15.4. The lowest BCUT2D eigenvalue weighted by Gasteiger charge is -2.16. The molecule has 1 aromatic rings. The standard InChI is InChI=1S/C16H24BrN3O3/c1-12-5-6-14(13(17)9-12)19-16(22)11-20(2)10-15(21)18-7-4-8-23-3/h5-6,9H,4,7-8,10-11H2,1-3H3,(H,18,21)(H,19,22). The Morgan fingerprint density at radius 1 is 1.26 bits per heavy atom. The lowest BCUT2D eigenvalue weighted by molar-refractivity contribution is -0.123. The molecule has 0 aliphatic heterocycles. The van der Waals surface area contributed by atoms with Gasteiger partial charge in [-0.3, -0.25) is 14.5 Å². The number of carbonyl (C=O) groups is 2. The van der Waals surface area contributed by atoms with E-state index in [0.717, 1.165) is 22.1 Å². The number of carbonyl (C=O) groups excluding carboxylic acids is 2. The lowest BCUT2D eigenvalue weighted by Crippen LogP contribution is -2.39. The molecule has 1 rings (SSSR count). The molecule has 0 fully saturated rings. The Hall–Kier alpha value is -1.44. The number of aryl methyl sites for hydroxylation is 1. The second-order valence-corrected chi connectivity index (χ2v) is 6.25. The van der Waals surface area contributed by atoms with Crippen LogP contribution in [-0.2, 0) is 14.3 Å². The number of ether oxygens (including phenoxy) is 1. The zero-order valence-electron chi connectivity index (χ0n) is 13.8. The number of nitrogens with one attached hydrogen (secondary N) is 2. The summed E-state index contributed by atoms with van der Waals surface area (Å²) in [4.78, 5) is 25.4. The maximum Gasteiger partial charge on any atom is 0.238 e. The van der Waals surface area contributed by atoms with Crippen molar-refractivity contribution < 1.29 is 14.3 Å². The molecule has 128 valence electrons. The maximum absolute atomic E-state index is 12.0. The van der Waals surface area contributed by atoms with E-state index in [4.69, 9.17) is 4.74 Å². The molecule has 7 heteroatoms. The summed E-state index contributed by atoms with van der Waals surface area (Å²) in [6.45, 7) is 3.49. The van der Waals surface area contributed by atoms with Gasteiger partial charge in [-0.25, -0.2) is 0 Å². The van der Waals surface area contributed by atoms with Gasteiger partial charge in [-0.2, -0.15) is 0 Å². The van der Waals surface area contributed by atoms with Crippen LogP contribution in [0, 0.1) is 6.92 Å². The fourth-order valence-corrected chi connectivity index (χ4v) is 2.55. The van der Waals surface area contributed by atoms with Gasteiger partial charge in [-0.1, -0.05) is 6.07 Å². The minimum absolute atomic E-state index is 0.104. The monoisotopic (exact) mass is 385 g/mol. The number of amides is 2. The largest absolute Gasteiger partial charge is 0.385 e. The Labute approximate surface area is 145 Å². The quantitative estimate of drug-likeness (QED) is 0.635. The third kappa shape index (κ3) is 8.11. The molecule has 0 atom stereocenters. The average Bonchev–Trinajstić information content (AvgIpc) is 2.46. The van der Waals surface area contributed by atoms with Crippen LogP contribution in [0.15, 0.2) is 22.7 Å². The summed E-state index contributed by atoms with van der Waals surface area (Å²) in [7, 11) is 3.36. The summed E-state index contributed by atoms with van der Waals surface area (Å²) < 4.78 is 5.75. The number of nitrogens with zero attached hydrogens (tertiary/aromatic N) is 1. The van der Waals surface area contributed by atoms with Crippen LogP contribution >= 0.6 is 15.9 Å². The van der Waals surface area contributed by atoms with Crippen LogP contribution in [0.5, 0.6) is 0 Å². The van der Waals surface area contributed by atoms with Gasteiger partial charge in [-0.15, -0.1) is 0 Å². The minimum atomic E-state index is -0.163. The van der Waals surface area contributed by atoms with E-state index in [1.165, 1.54) is 0 Å². The van der Waals surface area contributed by atoms with Crippen LogP contribution in [0.25, 0.3) is 0 Å². The van der Waals surface area contributed by atoms with Crippen LogP contribution < -0.4 is 10.6 Å². The van der Waals surface area contributed by atoms with Gasteiger partial charge in [0, 0.05) is 24.7 Å². The molecule has 0 spiro atoms. The van der Waals surface area contributed by atoms with E-state index in [1.54, 1.807) is 19.1 Å². The van der Waals surface area contributed by atoms with Crippen molar-refractivity contribution in [3.8, 4) is 0 Å². The maximum atomic E-state index is 12.0. The van der Waals surface area contributed by atoms with Gasteiger partial charge in [0.1, 0.15) is 0 Å². The molecule has 0 bridgehead atoms. The SMILES string of the molecule is COCCCNC(=O)CN(C)CC(=O)Nc1ccc(C)cc1Br. The first kappa shape index (κ1) is 19.6. The molecule has 0 saturated carbocycles. The Kier molecular flexibility index (Phi) is 8.83. The lowest BCUT2D eigenvalue weighted by atomic mass is 10.2. The van der Waals surface area contributed by atoms with E-state index in [0.29, 0.717) is 13.2 Å². The summed E-state index contributed by atoms with van der Waals surface area (Å²) in [5.74, 6) is -0.267. The van der Waals surface area contributed by atoms with Crippen LogP contribution in [0.2, 0.25) is 0 Å². The van der Waals surface area contributed by atoms with Gasteiger partial charge >= 0.3 is 0 Å². The molecule has 2 amide bonds. The Bertz CT molecular complexity index is 537. The van der Waals surface area contributed by atoms with Crippen molar-refractivity contribution in [2.75, 3.05) is 45.7 Å². The fourth-order valence-electron chi connectivity index (χ4n) is 1.96. The zero-order chi connectivity index (χ0) is 17.2. The van der Waals surface area contributed by atoms with Crippen LogP contribution in [0.4, 0.5) is 5.69 Å². The van der Waals surface area contributed by atoms with Crippen LogP contribution in [0.3, 0.4) is 0 Å². The molecule has 1 aromatic carbocycles. The Balaban J connectivity index is 2.34. The van der Waals surface area contributed by atoms with Crippen molar-refractivity contribution in [1.82, 2.24) is 10.2 Å². The number of likely N-dealkylation sites (N-methyl/N-ethyl adjacent to an activating group) is 1. The van der Waals surface area contributed by atoms with Crippen LogP contribution in [0.1, 0.15) is 12.0 Å². The third-order valence-electron chi connectivity index (χ3n) is 3.07. The predicted octanol–water partition coefficient (Wildman–Crippen LogP) is 1.78. The molecule has 0 aliphatic carbocycles. The van der Waals surface area contributed by atoms with E-state index < -0.39 is 0 Å². The van der Waals surface area contributed by atoms with Gasteiger partial charge < -0.3 is 15.4 Å². The second kappa shape index (κ2) is 10.4. The summed E-state index contributed by atoms with van der Waals surface area (Å²) in [5.41, 5.74) is 1.83. The summed E-state index contributed by atoms with van der Waals surface area (Å²) in [6.07, 6.45) is 0.772. The van der Waals surface area contributed by atoms with Crippen molar-refractivity contribution in [3.05, 3.63) is 28.2 Å². The van der Waals surface area contributed by atoms with E-state index >= 15 is 0 Å². The van der Waals surface area contributed by atoms with Gasteiger partial charge in [0.25, 0.3) is 0 Å². The van der Waals surface area contributed by atoms with Gasteiger partial charge in [0.05, 0.1) is 18.8 Å². The first-order valence-corrected chi connectivity index (χ1v) is 8.22. The number of hydrogen-bond acceptors (Lipinski definition) is 4. The van der Waals surface area contributed by atoms with Crippen molar-refractivity contribution in [2.45, 2.75) is 13.3 Å². The second-order valence-electron chi connectivity index (χ2n) is 5.40. The molecule has 0 aromatic heterocycles. The van der Waals surface area contributed by atoms with Crippen LogP contribution in [-0.4, -0.2) is 57.1 Å². The molecule has 0 saturated heterocycles. The highest BCUT2D eigenvalue weighted by Crippen LogP contribution is 2.23. The van der Waals surface area contributed by atoms with Gasteiger partial charge in [0.15, 0.2) is 0 Å². The highest BCUT2D eigenvalue weighted by atomic mass is 79.9. The van der Waals surface area contributed by atoms with E-state index in [-0.39, 0.29) is 24.9 Å². The molecule has 2 N–H and O–H groups in total. The Morgan fingerprint density at radius 2 is 1.96 bits per heavy atom. The number of hydrogen-bond donors (Lipinski definition) is 2. The highest BCUT2D eigenvalue weighted by molar-refractivity contribution is 9.10. The number of anilines is 1.